The number of benzene rings is 8. The van der Waals surface area contributed by atoms with E-state index < -0.39 is 0 Å². The van der Waals surface area contributed by atoms with Crippen LogP contribution in [0.4, 0.5) is 17.1 Å². The molecular formula is C57H46N2S. The maximum atomic E-state index is 2.64. The summed E-state index contributed by atoms with van der Waals surface area (Å²) in [5.41, 5.74) is 13.2. The molecule has 1 aliphatic heterocycles. The predicted molar refractivity (Wildman–Crippen MR) is 256 cm³/mol. The number of fused-ring (bicyclic) bond motifs is 12. The summed E-state index contributed by atoms with van der Waals surface area (Å²) < 4.78 is 5.32. The first-order valence-corrected chi connectivity index (χ1v) is 22.8. The van der Waals surface area contributed by atoms with Crippen LogP contribution in [0.1, 0.15) is 50.7 Å². The van der Waals surface area contributed by atoms with Crippen LogP contribution < -0.4 is 4.90 Å². The highest BCUT2D eigenvalue weighted by Crippen LogP contribution is 2.63. The number of rotatable bonds is 4. The number of hydrogen-bond donors (Lipinski definition) is 0. The molecule has 4 aliphatic rings. The van der Waals surface area contributed by atoms with E-state index in [9.17, 15) is 0 Å². The van der Waals surface area contributed by atoms with Gasteiger partial charge in [0.05, 0.1) is 28.1 Å². The van der Waals surface area contributed by atoms with Crippen molar-refractivity contribution >= 4 is 81.1 Å². The fourth-order valence-electron chi connectivity index (χ4n) is 12.6. The van der Waals surface area contributed by atoms with Gasteiger partial charge in [0.2, 0.25) is 0 Å². The quantitative estimate of drug-likeness (QED) is 0.172. The molecule has 3 aliphatic carbocycles. The third kappa shape index (κ3) is 4.81. The van der Waals surface area contributed by atoms with Gasteiger partial charge in [0, 0.05) is 47.4 Å². The highest BCUT2D eigenvalue weighted by Gasteiger charge is 2.54. The van der Waals surface area contributed by atoms with Crippen molar-refractivity contribution in [2.24, 2.45) is 23.7 Å². The Balaban J connectivity index is 1.06. The van der Waals surface area contributed by atoms with Gasteiger partial charge in [-0.3, -0.25) is 0 Å². The fourth-order valence-corrected chi connectivity index (χ4v) is 13.7. The van der Waals surface area contributed by atoms with Crippen molar-refractivity contribution in [3.63, 3.8) is 0 Å². The predicted octanol–water partition coefficient (Wildman–Crippen LogP) is 16.1. The van der Waals surface area contributed by atoms with Crippen LogP contribution in [0.2, 0.25) is 0 Å². The van der Waals surface area contributed by atoms with E-state index in [0.717, 1.165) is 23.4 Å². The van der Waals surface area contributed by atoms with Crippen molar-refractivity contribution in [3.05, 3.63) is 181 Å². The van der Waals surface area contributed by atoms with Crippen molar-refractivity contribution in [2.45, 2.75) is 44.9 Å². The van der Waals surface area contributed by atoms with Gasteiger partial charge in [-0.05, 0) is 126 Å². The van der Waals surface area contributed by atoms with E-state index >= 15 is 0 Å². The van der Waals surface area contributed by atoms with Gasteiger partial charge in [-0.1, -0.05) is 135 Å². The highest BCUT2D eigenvalue weighted by atomic mass is 32.1. The van der Waals surface area contributed by atoms with E-state index in [-0.39, 0.29) is 5.41 Å². The second kappa shape index (κ2) is 12.9. The van der Waals surface area contributed by atoms with Crippen LogP contribution in [0.5, 0.6) is 0 Å². The first-order valence-electron chi connectivity index (χ1n) is 22.0. The average Bonchev–Trinajstić information content (AvgIpc) is 3.75. The Morgan fingerprint density at radius 1 is 0.567 bits per heavy atom. The van der Waals surface area contributed by atoms with E-state index in [1.165, 1.54) is 112 Å². The van der Waals surface area contributed by atoms with Crippen LogP contribution in [0.3, 0.4) is 0 Å². The molecule has 0 radical (unpaired) electrons. The SMILES string of the molecule is C[C@@H]1CC2CC3(c4ccccc4-n4c5ccccc5c5c(N(c6ccc(-c7ccc8c(c7)sc7ccccc78)cc6)c6cccc7ccccc67)ccc3c54)[C@H](C1)C[C@H]2C. The summed E-state index contributed by atoms with van der Waals surface area (Å²) in [7, 11) is 0. The van der Waals surface area contributed by atoms with E-state index in [1.807, 2.05) is 11.3 Å². The average molecular weight is 791 g/mol. The monoisotopic (exact) mass is 790 g/mol. The van der Waals surface area contributed by atoms with Gasteiger partial charge < -0.3 is 9.47 Å². The zero-order valence-corrected chi connectivity index (χ0v) is 34.9. The van der Waals surface area contributed by atoms with Gasteiger partial charge >= 0.3 is 0 Å². The Bertz CT molecular complexity index is 3340. The van der Waals surface area contributed by atoms with Crippen LogP contribution in [-0.4, -0.2) is 4.57 Å². The van der Waals surface area contributed by atoms with Gasteiger partial charge in [0.15, 0.2) is 0 Å². The third-order valence-corrected chi connectivity index (χ3v) is 16.3. The summed E-state index contributed by atoms with van der Waals surface area (Å²) >= 11 is 1.88. The number of nitrogens with zero attached hydrogens (tertiary/aromatic N) is 2. The summed E-state index contributed by atoms with van der Waals surface area (Å²) in [5, 5.41) is 7.84. The third-order valence-electron chi connectivity index (χ3n) is 15.1. The van der Waals surface area contributed by atoms with Gasteiger partial charge in [-0.25, -0.2) is 0 Å². The lowest BCUT2D eigenvalue weighted by atomic mass is 9.54. The zero-order valence-electron chi connectivity index (χ0n) is 34.1. The molecular weight excluding hydrogens is 745 g/mol. The second-order valence-corrected chi connectivity index (χ2v) is 19.4. The molecule has 2 nitrogen and oxygen atoms in total. The highest BCUT2D eigenvalue weighted by molar-refractivity contribution is 7.25. The summed E-state index contributed by atoms with van der Waals surface area (Å²) in [6, 6.07) is 64.5. The van der Waals surface area contributed by atoms with E-state index in [4.69, 9.17) is 0 Å². The van der Waals surface area contributed by atoms with Gasteiger partial charge in [0.25, 0.3) is 0 Å². The van der Waals surface area contributed by atoms with Gasteiger partial charge in [-0.15, -0.1) is 11.3 Å². The molecule has 0 amide bonds. The van der Waals surface area contributed by atoms with Crippen LogP contribution >= 0.6 is 11.3 Å². The minimum absolute atomic E-state index is 0.0128. The maximum Gasteiger partial charge on any atom is 0.0603 e. The van der Waals surface area contributed by atoms with Crippen LogP contribution in [0.15, 0.2) is 170 Å². The lowest BCUT2D eigenvalue weighted by molar-refractivity contribution is 0.136. The van der Waals surface area contributed by atoms with Crippen molar-refractivity contribution in [1.29, 1.82) is 0 Å². The summed E-state index contributed by atoms with van der Waals surface area (Å²) in [6.07, 6.45) is 5.17. The Morgan fingerprint density at radius 2 is 1.30 bits per heavy atom. The van der Waals surface area contributed by atoms with Crippen molar-refractivity contribution in [1.82, 2.24) is 4.57 Å². The molecule has 14 rings (SSSR count). The molecule has 3 fully saturated rings. The Hall–Kier alpha value is -6.16. The van der Waals surface area contributed by atoms with Gasteiger partial charge in [-0.2, -0.15) is 0 Å². The van der Waals surface area contributed by atoms with Crippen LogP contribution in [0, 0.1) is 23.7 Å². The molecule has 2 bridgehead atoms. The molecule has 2 unspecified atom stereocenters. The number of anilines is 3. The van der Waals surface area contributed by atoms with E-state index in [2.05, 4.69) is 193 Å². The maximum absolute atomic E-state index is 2.64. The molecule has 3 heterocycles. The Morgan fingerprint density at radius 3 is 2.20 bits per heavy atom. The molecule has 2 aromatic heterocycles. The summed E-state index contributed by atoms with van der Waals surface area (Å²) in [4.78, 5) is 2.56. The molecule has 0 N–H and O–H groups in total. The van der Waals surface area contributed by atoms with E-state index in [0.29, 0.717) is 5.92 Å². The molecule has 0 saturated heterocycles. The van der Waals surface area contributed by atoms with Crippen molar-refractivity contribution in [2.75, 3.05) is 4.90 Å². The molecule has 8 aromatic carbocycles. The van der Waals surface area contributed by atoms with Crippen molar-refractivity contribution < 1.29 is 0 Å². The standard InChI is InChI=1S/C57H46N2S/c1-35-30-40-34-57(41(31-35)32-36(40)2)47-17-7-9-19-51(47)59-50-18-8-5-16-46(50)55-52(29-28-48(57)56(55)59)58(49-20-11-13-38-12-3-4-14-43(38)49)42-25-22-37(23-26-42)39-24-27-45-44-15-6-10-21-53(44)60-54(45)33-39/h3-29,33,35-36,40-41H,30-32,34H2,1-2H3/t35-,36-,40?,41-,57?/m1/s1. The fraction of sp³-hybridized carbons (Fsp3) is 0.193. The molecule has 60 heavy (non-hydrogen) atoms. The molecule has 3 saturated carbocycles. The first-order chi connectivity index (χ1) is 29.5. The number of thiophene rings is 1. The number of para-hydroxylation sites is 2. The molecule has 3 heteroatoms. The lowest BCUT2D eigenvalue weighted by Crippen LogP contribution is -2.45. The van der Waals surface area contributed by atoms with Gasteiger partial charge in [0.1, 0.15) is 0 Å². The number of aromatic nitrogens is 1. The minimum Gasteiger partial charge on any atom is -0.309 e. The van der Waals surface area contributed by atoms with Crippen LogP contribution in [0.25, 0.3) is 69.6 Å². The van der Waals surface area contributed by atoms with E-state index in [1.54, 1.807) is 5.56 Å². The smallest absolute Gasteiger partial charge is 0.0603 e. The molecule has 10 aromatic rings. The molecule has 1 spiro atoms. The normalized spacial score (nSPS) is 22.0. The minimum atomic E-state index is -0.0128. The lowest BCUT2D eigenvalue weighted by Gasteiger charge is -2.51. The summed E-state index contributed by atoms with van der Waals surface area (Å²) in [5.74, 6) is 2.84. The van der Waals surface area contributed by atoms with Crippen molar-refractivity contribution in [3.8, 4) is 16.8 Å². The second-order valence-electron chi connectivity index (χ2n) is 18.3. The molecule has 290 valence electrons. The van der Waals surface area contributed by atoms with Crippen LogP contribution in [-0.2, 0) is 5.41 Å². The number of hydrogen-bond acceptors (Lipinski definition) is 2. The zero-order chi connectivity index (χ0) is 39.7. The largest absolute Gasteiger partial charge is 0.309 e. The topological polar surface area (TPSA) is 8.17 Å². The summed E-state index contributed by atoms with van der Waals surface area (Å²) in [6.45, 7) is 5.07. The first kappa shape index (κ1) is 34.7. The molecule has 5 atom stereocenters. The Kier molecular flexibility index (Phi) is 7.47. The Labute approximate surface area is 355 Å².